The van der Waals surface area contributed by atoms with Gasteiger partial charge in [-0.1, -0.05) is 48.5 Å². The van der Waals surface area contributed by atoms with E-state index >= 15 is 0 Å². The molecule has 2 aromatic carbocycles. The van der Waals surface area contributed by atoms with Crippen molar-refractivity contribution in [2.45, 2.75) is 32.9 Å². The zero-order valence-corrected chi connectivity index (χ0v) is 13.7. The number of para-hydroxylation sites is 1. The molecule has 0 N–H and O–H groups in total. The third-order valence-corrected chi connectivity index (χ3v) is 3.60. The van der Waals surface area contributed by atoms with Gasteiger partial charge in [0.1, 0.15) is 11.3 Å². The summed E-state index contributed by atoms with van der Waals surface area (Å²) in [5, 5.41) is 1.05. The van der Waals surface area contributed by atoms with Gasteiger partial charge in [0.2, 0.25) is 0 Å². The van der Waals surface area contributed by atoms with Crippen LogP contribution in [0.2, 0.25) is 0 Å². The van der Waals surface area contributed by atoms with E-state index in [1.54, 1.807) is 0 Å². The van der Waals surface area contributed by atoms with Gasteiger partial charge in [0, 0.05) is 17.4 Å². The van der Waals surface area contributed by atoms with Crippen molar-refractivity contribution < 1.29 is 9.53 Å². The molecule has 1 aromatic heterocycles. The summed E-state index contributed by atoms with van der Waals surface area (Å²) in [4.78, 5) is 12.6. The number of esters is 1. The molecule has 0 spiro atoms. The summed E-state index contributed by atoms with van der Waals surface area (Å²) in [6.07, 6.45) is 0. The Morgan fingerprint density at radius 2 is 1.65 bits per heavy atom. The predicted molar refractivity (Wildman–Crippen MR) is 92.7 cm³/mol. The van der Waals surface area contributed by atoms with E-state index in [-0.39, 0.29) is 5.97 Å². The number of rotatable bonds is 3. The normalized spacial score (nSPS) is 11.6. The molecule has 23 heavy (non-hydrogen) atoms. The Kier molecular flexibility index (Phi) is 3.95. The second-order valence-electron chi connectivity index (χ2n) is 6.66. The Balaban J connectivity index is 2.06. The molecule has 3 heteroatoms. The summed E-state index contributed by atoms with van der Waals surface area (Å²) < 4.78 is 7.60. The van der Waals surface area contributed by atoms with E-state index in [0.29, 0.717) is 12.2 Å². The lowest BCUT2D eigenvalue weighted by Gasteiger charge is -2.20. The molecule has 1 heterocycles. The summed E-state index contributed by atoms with van der Waals surface area (Å²) in [6, 6.07) is 20.1. The largest absolute Gasteiger partial charge is 0.455 e. The fourth-order valence-electron chi connectivity index (χ4n) is 2.65. The Hall–Kier alpha value is -2.55. The first-order chi connectivity index (χ1) is 10.9. The summed E-state index contributed by atoms with van der Waals surface area (Å²) in [5.74, 6) is -0.287. The molecule has 0 aliphatic heterocycles. The van der Waals surface area contributed by atoms with Crippen molar-refractivity contribution in [1.29, 1.82) is 0 Å². The van der Waals surface area contributed by atoms with Crippen LogP contribution in [-0.2, 0) is 11.3 Å². The first kappa shape index (κ1) is 15.3. The lowest BCUT2D eigenvalue weighted by Crippen LogP contribution is -2.25. The smallest absolute Gasteiger partial charge is 0.355 e. The minimum atomic E-state index is -0.509. The average molecular weight is 307 g/mol. The lowest BCUT2D eigenvalue weighted by molar-refractivity contribution is 0.00587. The Bertz CT molecular complexity index is 826. The molecule has 118 valence electrons. The molecule has 0 aliphatic rings. The summed E-state index contributed by atoms with van der Waals surface area (Å²) in [7, 11) is 0. The topological polar surface area (TPSA) is 31.2 Å². The number of hydrogen-bond donors (Lipinski definition) is 0. The summed E-state index contributed by atoms with van der Waals surface area (Å²) in [6.45, 7) is 6.29. The highest BCUT2D eigenvalue weighted by Crippen LogP contribution is 2.23. The highest BCUT2D eigenvalue weighted by atomic mass is 16.6. The van der Waals surface area contributed by atoms with Crippen LogP contribution in [0.15, 0.2) is 60.7 Å². The van der Waals surface area contributed by atoms with E-state index in [1.165, 1.54) is 0 Å². The molecule has 0 atom stereocenters. The van der Waals surface area contributed by atoms with Gasteiger partial charge in [-0.25, -0.2) is 4.79 Å². The van der Waals surface area contributed by atoms with Crippen molar-refractivity contribution >= 4 is 16.9 Å². The van der Waals surface area contributed by atoms with Crippen LogP contribution in [0.5, 0.6) is 0 Å². The van der Waals surface area contributed by atoms with Crippen LogP contribution in [-0.4, -0.2) is 16.1 Å². The van der Waals surface area contributed by atoms with E-state index in [1.807, 2.05) is 73.9 Å². The van der Waals surface area contributed by atoms with Crippen molar-refractivity contribution in [3.05, 3.63) is 71.9 Å². The third-order valence-electron chi connectivity index (χ3n) is 3.60. The number of fused-ring (bicyclic) bond motifs is 1. The van der Waals surface area contributed by atoms with Crippen LogP contribution in [0.4, 0.5) is 0 Å². The summed E-state index contributed by atoms with van der Waals surface area (Å²) in [5.41, 5.74) is 2.27. The van der Waals surface area contributed by atoms with E-state index in [9.17, 15) is 4.79 Å². The standard InChI is InChI=1S/C20H21NO2/c1-20(2,3)23-19(22)18-13-16-11-7-8-12-17(16)21(18)14-15-9-5-4-6-10-15/h4-13H,14H2,1-3H3. The number of carbonyl (C=O) groups excluding carboxylic acids is 1. The summed E-state index contributed by atoms with van der Waals surface area (Å²) >= 11 is 0. The molecule has 0 aliphatic carbocycles. The van der Waals surface area contributed by atoms with Gasteiger partial charge in [-0.2, -0.15) is 0 Å². The van der Waals surface area contributed by atoms with Crippen LogP contribution in [0, 0.1) is 0 Å². The number of nitrogens with zero attached hydrogens (tertiary/aromatic N) is 1. The molecular formula is C20H21NO2. The van der Waals surface area contributed by atoms with E-state index in [4.69, 9.17) is 4.74 Å². The molecular weight excluding hydrogens is 286 g/mol. The minimum absolute atomic E-state index is 0.287. The second kappa shape index (κ2) is 5.92. The number of carbonyl (C=O) groups is 1. The maximum Gasteiger partial charge on any atom is 0.355 e. The molecule has 0 fully saturated rings. The van der Waals surface area contributed by atoms with Crippen molar-refractivity contribution in [3.8, 4) is 0 Å². The highest BCUT2D eigenvalue weighted by Gasteiger charge is 2.22. The maximum absolute atomic E-state index is 12.6. The lowest BCUT2D eigenvalue weighted by atomic mass is 10.2. The average Bonchev–Trinajstić information content (AvgIpc) is 2.86. The number of ether oxygens (including phenoxy) is 1. The zero-order chi connectivity index (χ0) is 16.4. The first-order valence-corrected chi connectivity index (χ1v) is 7.79. The monoisotopic (exact) mass is 307 g/mol. The van der Waals surface area contributed by atoms with Crippen molar-refractivity contribution in [3.63, 3.8) is 0 Å². The van der Waals surface area contributed by atoms with Gasteiger partial charge in [-0.05, 0) is 38.5 Å². The second-order valence-corrected chi connectivity index (χ2v) is 6.66. The van der Waals surface area contributed by atoms with Gasteiger partial charge in [0.15, 0.2) is 0 Å². The Morgan fingerprint density at radius 1 is 1.00 bits per heavy atom. The van der Waals surface area contributed by atoms with Crippen LogP contribution < -0.4 is 0 Å². The molecule has 3 rings (SSSR count). The molecule has 0 amide bonds. The Morgan fingerprint density at radius 3 is 2.35 bits per heavy atom. The number of hydrogen-bond acceptors (Lipinski definition) is 2. The van der Waals surface area contributed by atoms with Crippen molar-refractivity contribution in [1.82, 2.24) is 4.57 Å². The van der Waals surface area contributed by atoms with Gasteiger partial charge in [-0.3, -0.25) is 0 Å². The van der Waals surface area contributed by atoms with Gasteiger partial charge in [-0.15, -0.1) is 0 Å². The van der Waals surface area contributed by atoms with Crippen LogP contribution in [0.1, 0.15) is 36.8 Å². The fraction of sp³-hybridized carbons (Fsp3) is 0.250. The molecule has 0 saturated carbocycles. The minimum Gasteiger partial charge on any atom is -0.455 e. The molecule has 3 nitrogen and oxygen atoms in total. The van der Waals surface area contributed by atoms with Crippen LogP contribution in [0.25, 0.3) is 10.9 Å². The quantitative estimate of drug-likeness (QED) is 0.660. The molecule has 0 radical (unpaired) electrons. The van der Waals surface area contributed by atoms with Crippen LogP contribution in [0.3, 0.4) is 0 Å². The van der Waals surface area contributed by atoms with Gasteiger partial charge < -0.3 is 9.30 Å². The zero-order valence-electron chi connectivity index (χ0n) is 13.7. The molecule has 0 saturated heterocycles. The highest BCUT2D eigenvalue weighted by molar-refractivity contribution is 5.95. The SMILES string of the molecule is CC(C)(C)OC(=O)c1cc2ccccc2n1Cc1ccccc1. The van der Waals surface area contributed by atoms with Gasteiger partial charge >= 0.3 is 5.97 Å². The van der Waals surface area contributed by atoms with Gasteiger partial charge in [0.05, 0.1) is 0 Å². The number of benzene rings is 2. The van der Waals surface area contributed by atoms with E-state index in [2.05, 4.69) is 12.1 Å². The molecule has 0 bridgehead atoms. The fourth-order valence-corrected chi connectivity index (χ4v) is 2.65. The molecule has 3 aromatic rings. The van der Waals surface area contributed by atoms with E-state index < -0.39 is 5.60 Å². The first-order valence-electron chi connectivity index (χ1n) is 7.79. The van der Waals surface area contributed by atoms with Crippen molar-refractivity contribution in [2.24, 2.45) is 0 Å². The number of aromatic nitrogens is 1. The van der Waals surface area contributed by atoms with E-state index in [0.717, 1.165) is 16.5 Å². The van der Waals surface area contributed by atoms with Gasteiger partial charge in [0.25, 0.3) is 0 Å². The predicted octanol–water partition coefficient (Wildman–Crippen LogP) is 4.64. The third kappa shape index (κ3) is 3.45. The van der Waals surface area contributed by atoms with Crippen molar-refractivity contribution in [2.75, 3.05) is 0 Å². The maximum atomic E-state index is 12.6. The van der Waals surface area contributed by atoms with Crippen LogP contribution >= 0.6 is 0 Å². The molecule has 0 unspecified atom stereocenters. The Labute approximate surface area is 136 Å².